The van der Waals surface area contributed by atoms with Crippen LogP contribution in [0.2, 0.25) is 0 Å². The van der Waals surface area contributed by atoms with Gasteiger partial charge in [0, 0.05) is 29.3 Å². The zero-order valence-electron chi connectivity index (χ0n) is 19.3. The van der Waals surface area contributed by atoms with Gasteiger partial charge in [-0.25, -0.2) is 9.18 Å². The number of ether oxygens (including phenoxy) is 3. The van der Waals surface area contributed by atoms with Crippen LogP contribution >= 0.6 is 0 Å². The molecule has 1 N–H and O–H groups in total. The van der Waals surface area contributed by atoms with Crippen molar-refractivity contribution < 1.29 is 28.2 Å². The van der Waals surface area contributed by atoms with Gasteiger partial charge in [0.1, 0.15) is 5.82 Å². The first kappa shape index (κ1) is 22.2. The Morgan fingerprint density at radius 2 is 1.76 bits per heavy atom. The summed E-state index contributed by atoms with van der Waals surface area (Å²) in [5.74, 6) is -0.259. The molecule has 34 heavy (non-hydrogen) atoms. The minimum atomic E-state index is -0.585. The zero-order valence-corrected chi connectivity index (χ0v) is 19.3. The highest BCUT2D eigenvalue weighted by Gasteiger charge is 2.42. The van der Waals surface area contributed by atoms with Gasteiger partial charge in [-0.15, -0.1) is 0 Å². The first-order chi connectivity index (χ1) is 16.3. The fourth-order valence-electron chi connectivity index (χ4n) is 4.98. The van der Waals surface area contributed by atoms with E-state index in [0.29, 0.717) is 34.8 Å². The zero-order chi connectivity index (χ0) is 24.0. The molecule has 5 rings (SSSR count). The summed E-state index contributed by atoms with van der Waals surface area (Å²) < 4.78 is 30.0. The summed E-state index contributed by atoms with van der Waals surface area (Å²) in [5, 5.41) is 3.32. The van der Waals surface area contributed by atoms with E-state index in [-0.39, 0.29) is 36.8 Å². The Labute approximate surface area is 197 Å². The number of allylic oxidation sites excluding steroid dienone is 3. The Balaban J connectivity index is 1.59. The molecule has 2 atom stereocenters. The smallest absolute Gasteiger partial charge is 0.337 e. The van der Waals surface area contributed by atoms with Crippen molar-refractivity contribution in [2.75, 3.05) is 6.79 Å². The lowest BCUT2D eigenvalue weighted by Gasteiger charge is -2.37. The van der Waals surface area contributed by atoms with E-state index in [0.717, 1.165) is 16.8 Å². The van der Waals surface area contributed by atoms with Gasteiger partial charge in [-0.2, -0.15) is 0 Å². The summed E-state index contributed by atoms with van der Waals surface area (Å²) in [6, 6.07) is 11.8. The number of dihydropyridines is 1. The van der Waals surface area contributed by atoms with Gasteiger partial charge in [-0.3, -0.25) is 4.79 Å². The molecule has 0 saturated carbocycles. The van der Waals surface area contributed by atoms with Crippen LogP contribution in [-0.2, 0) is 14.3 Å². The van der Waals surface area contributed by atoms with E-state index in [1.54, 1.807) is 32.0 Å². The molecule has 0 fully saturated rings. The minimum Gasteiger partial charge on any atom is -0.460 e. The fraction of sp³-hybridized carbons (Fsp3) is 0.333. The van der Waals surface area contributed by atoms with Crippen LogP contribution < -0.4 is 14.8 Å². The average molecular weight is 464 g/mol. The molecule has 0 radical (unpaired) electrons. The number of benzene rings is 2. The Hall–Kier alpha value is -3.61. The first-order valence-electron chi connectivity index (χ1n) is 11.4. The molecular weight excluding hydrogens is 437 g/mol. The Morgan fingerprint density at radius 1 is 1.06 bits per heavy atom. The molecule has 2 aromatic rings. The molecule has 0 amide bonds. The molecule has 0 unspecified atom stereocenters. The topological polar surface area (TPSA) is 73.9 Å². The molecule has 1 aliphatic carbocycles. The summed E-state index contributed by atoms with van der Waals surface area (Å²) in [6.07, 6.45) is 0.557. The van der Waals surface area contributed by atoms with Crippen LogP contribution in [0.3, 0.4) is 0 Å². The van der Waals surface area contributed by atoms with Crippen LogP contribution in [0.1, 0.15) is 56.6 Å². The summed E-state index contributed by atoms with van der Waals surface area (Å²) in [5.41, 5.74) is 4.10. The third kappa shape index (κ3) is 3.95. The average Bonchev–Trinajstić information content (AvgIpc) is 3.25. The number of esters is 1. The normalized spacial score (nSPS) is 21.5. The van der Waals surface area contributed by atoms with Crippen molar-refractivity contribution >= 4 is 11.8 Å². The largest absolute Gasteiger partial charge is 0.460 e. The lowest BCUT2D eigenvalue weighted by Crippen LogP contribution is -2.36. The molecule has 6 nitrogen and oxygen atoms in total. The van der Waals surface area contributed by atoms with E-state index in [1.807, 2.05) is 19.1 Å². The maximum absolute atomic E-state index is 13.6. The quantitative estimate of drug-likeness (QED) is 0.653. The third-order valence-corrected chi connectivity index (χ3v) is 6.46. The second kappa shape index (κ2) is 8.63. The lowest BCUT2D eigenvalue weighted by molar-refractivity contribution is -0.143. The van der Waals surface area contributed by atoms with Crippen molar-refractivity contribution in [3.8, 4) is 11.5 Å². The minimum absolute atomic E-state index is 0.0481. The van der Waals surface area contributed by atoms with Gasteiger partial charge in [-0.05, 0) is 68.5 Å². The van der Waals surface area contributed by atoms with Gasteiger partial charge in [0.25, 0.3) is 0 Å². The van der Waals surface area contributed by atoms with Gasteiger partial charge < -0.3 is 19.5 Å². The predicted octanol–water partition coefficient (Wildman–Crippen LogP) is 4.87. The van der Waals surface area contributed by atoms with Crippen LogP contribution in [0.15, 0.2) is 65.0 Å². The highest BCUT2D eigenvalue weighted by Crippen LogP contribution is 2.47. The molecule has 0 spiro atoms. The molecule has 2 aliphatic heterocycles. The van der Waals surface area contributed by atoms with Gasteiger partial charge >= 0.3 is 5.97 Å². The molecule has 2 heterocycles. The van der Waals surface area contributed by atoms with E-state index < -0.39 is 11.9 Å². The van der Waals surface area contributed by atoms with Crippen LogP contribution in [0.5, 0.6) is 11.5 Å². The number of halogens is 1. The standard InChI is InChI=1S/C27H26FNO5/c1-14(2)34-27(31)24-15(3)29-20-10-18(16-4-7-19(28)8-5-16)11-21(30)26(20)25(24)17-6-9-22-23(12-17)33-13-32-22/h4-9,12,14,18,25,29H,10-11,13H2,1-3H3/t18-,25+/m0/s1. The third-order valence-electron chi connectivity index (χ3n) is 6.46. The van der Waals surface area contributed by atoms with Gasteiger partial charge in [0.2, 0.25) is 6.79 Å². The van der Waals surface area contributed by atoms with Crippen LogP contribution in [0.25, 0.3) is 0 Å². The SMILES string of the molecule is CC1=C(C(=O)OC(C)C)[C@@H](c2ccc3c(c2)OCO3)C2=C(C[C@H](c3ccc(F)cc3)CC2=O)N1. The molecule has 0 bridgehead atoms. The Morgan fingerprint density at radius 3 is 2.50 bits per heavy atom. The van der Waals surface area contributed by atoms with Crippen molar-refractivity contribution in [2.24, 2.45) is 0 Å². The van der Waals surface area contributed by atoms with Gasteiger partial charge in [0.05, 0.1) is 11.7 Å². The number of carbonyl (C=O) groups excluding carboxylic acids is 2. The van der Waals surface area contributed by atoms with Crippen LogP contribution in [0.4, 0.5) is 4.39 Å². The van der Waals surface area contributed by atoms with Gasteiger partial charge in [-0.1, -0.05) is 18.2 Å². The first-order valence-corrected chi connectivity index (χ1v) is 11.4. The van der Waals surface area contributed by atoms with Gasteiger partial charge in [0.15, 0.2) is 17.3 Å². The summed E-state index contributed by atoms with van der Waals surface area (Å²) in [7, 11) is 0. The summed E-state index contributed by atoms with van der Waals surface area (Å²) in [4.78, 5) is 26.8. The van der Waals surface area contributed by atoms with Crippen molar-refractivity contribution in [1.82, 2.24) is 5.32 Å². The molecule has 0 saturated heterocycles. The number of Topliss-reactive ketones (excluding diaryl/α,β-unsaturated/α-hetero) is 1. The van der Waals surface area contributed by atoms with E-state index in [4.69, 9.17) is 14.2 Å². The molecular formula is C27H26FNO5. The van der Waals surface area contributed by atoms with E-state index >= 15 is 0 Å². The predicted molar refractivity (Wildman–Crippen MR) is 123 cm³/mol. The van der Waals surface area contributed by atoms with E-state index in [2.05, 4.69) is 5.32 Å². The van der Waals surface area contributed by atoms with Crippen LogP contribution in [-0.4, -0.2) is 24.6 Å². The van der Waals surface area contributed by atoms with E-state index in [1.165, 1.54) is 12.1 Å². The number of rotatable bonds is 4. The number of carbonyl (C=O) groups is 2. The number of fused-ring (bicyclic) bond motifs is 1. The molecule has 7 heteroatoms. The monoisotopic (exact) mass is 463 g/mol. The summed E-state index contributed by atoms with van der Waals surface area (Å²) in [6.45, 7) is 5.55. The second-order valence-corrected chi connectivity index (χ2v) is 9.14. The molecule has 3 aliphatic rings. The highest BCUT2D eigenvalue weighted by atomic mass is 19.1. The van der Waals surface area contributed by atoms with Crippen molar-refractivity contribution in [3.63, 3.8) is 0 Å². The maximum atomic E-state index is 13.6. The molecule has 176 valence electrons. The number of ketones is 1. The lowest BCUT2D eigenvalue weighted by atomic mass is 9.71. The molecule has 0 aromatic heterocycles. The molecule has 2 aromatic carbocycles. The second-order valence-electron chi connectivity index (χ2n) is 9.14. The maximum Gasteiger partial charge on any atom is 0.337 e. The number of nitrogens with one attached hydrogen (secondary N) is 1. The van der Waals surface area contributed by atoms with E-state index in [9.17, 15) is 14.0 Å². The van der Waals surface area contributed by atoms with Crippen molar-refractivity contribution in [2.45, 2.75) is 51.6 Å². The Kier molecular flexibility index (Phi) is 5.63. The Bertz CT molecular complexity index is 1230. The summed E-state index contributed by atoms with van der Waals surface area (Å²) >= 11 is 0. The number of hydrogen-bond acceptors (Lipinski definition) is 6. The van der Waals surface area contributed by atoms with Crippen LogP contribution in [0, 0.1) is 5.82 Å². The highest BCUT2D eigenvalue weighted by molar-refractivity contribution is 6.04. The number of hydrogen-bond donors (Lipinski definition) is 1. The fourth-order valence-corrected chi connectivity index (χ4v) is 4.98. The van der Waals surface area contributed by atoms with Crippen molar-refractivity contribution in [1.29, 1.82) is 0 Å². The van der Waals surface area contributed by atoms with Crippen molar-refractivity contribution in [3.05, 3.63) is 81.9 Å².